The van der Waals surface area contributed by atoms with Crippen molar-refractivity contribution in [3.05, 3.63) is 47.9 Å². The van der Waals surface area contributed by atoms with Gasteiger partial charge in [-0.25, -0.2) is 18.4 Å². The lowest BCUT2D eigenvalue weighted by molar-refractivity contribution is -0.137. The van der Waals surface area contributed by atoms with Crippen molar-refractivity contribution in [3.63, 3.8) is 0 Å². The van der Waals surface area contributed by atoms with Gasteiger partial charge in [-0.1, -0.05) is 18.2 Å². The topological polar surface area (TPSA) is 68.1 Å². The lowest BCUT2D eigenvalue weighted by Gasteiger charge is -2.25. The number of halogens is 3. The molecule has 0 spiro atoms. The number of rotatable bonds is 6. The summed E-state index contributed by atoms with van der Waals surface area (Å²) in [6, 6.07) is 7.35. The quantitative estimate of drug-likeness (QED) is 0.464. The van der Waals surface area contributed by atoms with Gasteiger partial charge in [0.15, 0.2) is 0 Å². The molecule has 4 rings (SSSR count). The van der Waals surface area contributed by atoms with Crippen molar-refractivity contribution in [3.8, 4) is 0 Å². The predicted molar refractivity (Wildman–Crippen MR) is 117 cm³/mol. The summed E-state index contributed by atoms with van der Waals surface area (Å²) >= 11 is 1.28. The second-order valence-corrected chi connectivity index (χ2v) is 10.5. The van der Waals surface area contributed by atoms with Crippen LogP contribution in [0, 0.1) is 0 Å². The molecule has 0 saturated carbocycles. The average Bonchev–Trinajstić information content (AvgIpc) is 3.14. The van der Waals surface area contributed by atoms with E-state index in [-0.39, 0.29) is 4.90 Å². The summed E-state index contributed by atoms with van der Waals surface area (Å²) in [5.41, 5.74) is 0.618. The molecule has 0 radical (unpaired) electrons. The van der Waals surface area contributed by atoms with Gasteiger partial charge in [0, 0.05) is 25.8 Å². The summed E-state index contributed by atoms with van der Waals surface area (Å²) in [6.07, 6.45) is -0.821. The molecule has 0 aliphatic carbocycles. The van der Waals surface area contributed by atoms with Crippen molar-refractivity contribution < 1.29 is 21.6 Å². The van der Waals surface area contributed by atoms with Gasteiger partial charge in [0.2, 0.25) is 10.0 Å². The van der Waals surface area contributed by atoms with E-state index in [1.54, 1.807) is 18.2 Å². The molecule has 172 valence electrons. The molecular weight excluding hydrogens is 461 g/mol. The van der Waals surface area contributed by atoms with Gasteiger partial charge in [0.25, 0.3) is 0 Å². The Morgan fingerprint density at radius 3 is 2.47 bits per heavy atom. The van der Waals surface area contributed by atoms with E-state index in [0.717, 1.165) is 37.0 Å². The first-order chi connectivity index (χ1) is 15.2. The SMILES string of the molecule is CCn1c(CSc2ccc(C(F)(F)F)cn2)nc2cc(S(=O)(=O)N3CCCCC3)ccc21. The first-order valence-corrected chi connectivity index (χ1v) is 12.8. The summed E-state index contributed by atoms with van der Waals surface area (Å²) in [5, 5.41) is 0.459. The molecule has 1 saturated heterocycles. The van der Waals surface area contributed by atoms with Gasteiger partial charge in [-0.15, -0.1) is 0 Å². The van der Waals surface area contributed by atoms with Crippen LogP contribution in [0.1, 0.15) is 37.6 Å². The van der Waals surface area contributed by atoms with E-state index in [2.05, 4.69) is 9.97 Å². The van der Waals surface area contributed by atoms with Crippen LogP contribution in [-0.4, -0.2) is 40.3 Å². The zero-order valence-electron chi connectivity index (χ0n) is 17.5. The molecule has 0 amide bonds. The number of thioether (sulfide) groups is 1. The highest BCUT2D eigenvalue weighted by Gasteiger charge is 2.30. The lowest BCUT2D eigenvalue weighted by atomic mass is 10.2. The molecular formula is C21H23F3N4O2S2. The zero-order valence-corrected chi connectivity index (χ0v) is 19.1. The number of hydrogen-bond acceptors (Lipinski definition) is 5. The van der Waals surface area contributed by atoms with Gasteiger partial charge in [-0.2, -0.15) is 17.5 Å². The summed E-state index contributed by atoms with van der Waals surface area (Å²) < 4.78 is 67.7. The van der Waals surface area contributed by atoms with Crippen molar-refractivity contribution in [2.75, 3.05) is 13.1 Å². The number of fused-ring (bicyclic) bond motifs is 1. The Morgan fingerprint density at radius 2 is 1.84 bits per heavy atom. The number of nitrogens with zero attached hydrogens (tertiary/aromatic N) is 4. The number of alkyl halides is 3. The third-order valence-corrected chi connectivity index (χ3v) is 8.32. The summed E-state index contributed by atoms with van der Waals surface area (Å²) in [6.45, 7) is 3.66. The number of sulfonamides is 1. The number of piperidine rings is 1. The molecule has 0 bridgehead atoms. The number of benzene rings is 1. The first-order valence-electron chi connectivity index (χ1n) is 10.4. The zero-order chi connectivity index (χ0) is 22.9. The van der Waals surface area contributed by atoms with Crippen molar-refractivity contribution in [2.24, 2.45) is 0 Å². The Hall–Kier alpha value is -2.11. The molecule has 1 aliphatic rings. The predicted octanol–water partition coefficient (Wildman–Crippen LogP) is 4.94. The van der Waals surface area contributed by atoms with Crippen LogP contribution in [0.15, 0.2) is 46.5 Å². The van der Waals surface area contributed by atoms with Crippen LogP contribution < -0.4 is 0 Å². The molecule has 1 aromatic carbocycles. The van der Waals surface area contributed by atoms with Crippen molar-refractivity contribution in [2.45, 2.75) is 54.6 Å². The first kappa shape index (κ1) is 23.1. The van der Waals surface area contributed by atoms with Crippen LogP contribution in [0.25, 0.3) is 11.0 Å². The minimum Gasteiger partial charge on any atom is -0.328 e. The maximum absolute atomic E-state index is 13.0. The highest BCUT2D eigenvalue weighted by Crippen LogP contribution is 2.31. The Kier molecular flexibility index (Phi) is 6.51. The highest BCUT2D eigenvalue weighted by molar-refractivity contribution is 7.98. The molecule has 0 N–H and O–H groups in total. The molecule has 3 aromatic rings. The smallest absolute Gasteiger partial charge is 0.328 e. The second kappa shape index (κ2) is 9.03. The summed E-state index contributed by atoms with van der Waals surface area (Å²) in [7, 11) is -3.56. The molecule has 6 nitrogen and oxygen atoms in total. The number of hydrogen-bond donors (Lipinski definition) is 0. The Bertz CT molecular complexity index is 1200. The molecule has 3 heterocycles. The van der Waals surface area contributed by atoms with E-state index < -0.39 is 21.8 Å². The largest absolute Gasteiger partial charge is 0.417 e. The molecule has 1 aliphatic heterocycles. The fourth-order valence-corrected chi connectivity index (χ4v) is 6.14. The second-order valence-electron chi connectivity index (χ2n) is 7.56. The Balaban J connectivity index is 1.57. The van der Waals surface area contributed by atoms with Crippen molar-refractivity contribution >= 4 is 32.8 Å². The molecule has 11 heteroatoms. The number of imidazole rings is 1. The van der Waals surface area contributed by atoms with E-state index in [9.17, 15) is 21.6 Å². The van der Waals surface area contributed by atoms with Crippen LogP contribution in [-0.2, 0) is 28.5 Å². The number of aryl methyl sites for hydroxylation is 1. The van der Waals surface area contributed by atoms with E-state index in [0.29, 0.717) is 41.8 Å². The standard InChI is InChI=1S/C21H23F3N4O2S2/c1-2-28-18-8-7-16(32(29,30)27-10-4-3-5-11-27)12-17(18)26-19(28)14-31-20-9-6-15(13-25-20)21(22,23)24/h6-9,12-13H,2-5,10-11,14H2,1H3. The fraction of sp³-hybridized carbons (Fsp3) is 0.429. The minimum absolute atomic E-state index is 0.233. The third-order valence-electron chi connectivity index (χ3n) is 5.48. The summed E-state index contributed by atoms with van der Waals surface area (Å²) in [5.74, 6) is 1.11. The number of aromatic nitrogens is 3. The molecule has 2 aromatic heterocycles. The van der Waals surface area contributed by atoms with Crippen LogP contribution in [0.5, 0.6) is 0 Å². The van der Waals surface area contributed by atoms with Crippen molar-refractivity contribution in [1.29, 1.82) is 0 Å². The molecule has 32 heavy (non-hydrogen) atoms. The molecule has 0 unspecified atom stereocenters. The lowest BCUT2D eigenvalue weighted by Crippen LogP contribution is -2.35. The molecule has 0 atom stereocenters. The van der Waals surface area contributed by atoms with Crippen LogP contribution in [0.4, 0.5) is 13.2 Å². The highest BCUT2D eigenvalue weighted by atomic mass is 32.2. The maximum atomic E-state index is 13.0. The van der Waals surface area contributed by atoms with E-state index in [1.807, 2.05) is 11.5 Å². The number of pyridine rings is 1. The monoisotopic (exact) mass is 484 g/mol. The van der Waals surface area contributed by atoms with E-state index >= 15 is 0 Å². The summed E-state index contributed by atoms with van der Waals surface area (Å²) in [4.78, 5) is 8.75. The van der Waals surface area contributed by atoms with Gasteiger partial charge in [-0.05, 0) is 50.1 Å². The van der Waals surface area contributed by atoms with Crippen LogP contribution in [0.2, 0.25) is 0 Å². The normalized spacial score (nSPS) is 16.0. The van der Waals surface area contributed by atoms with Gasteiger partial charge in [0.1, 0.15) is 5.82 Å². The Labute approximate surface area is 188 Å². The van der Waals surface area contributed by atoms with E-state index in [1.165, 1.54) is 22.1 Å². The Morgan fingerprint density at radius 1 is 1.09 bits per heavy atom. The maximum Gasteiger partial charge on any atom is 0.417 e. The van der Waals surface area contributed by atoms with Crippen LogP contribution in [0.3, 0.4) is 0 Å². The average molecular weight is 485 g/mol. The molecule has 1 fully saturated rings. The van der Waals surface area contributed by atoms with Crippen molar-refractivity contribution in [1.82, 2.24) is 18.8 Å². The minimum atomic E-state index is -4.42. The van der Waals surface area contributed by atoms with Gasteiger partial charge < -0.3 is 4.57 Å². The van der Waals surface area contributed by atoms with Gasteiger partial charge >= 0.3 is 6.18 Å². The van der Waals surface area contributed by atoms with E-state index in [4.69, 9.17) is 0 Å². The fourth-order valence-electron chi connectivity index (χ4n) is 3.81. The third kappa shape index (κ3) is 4.65. The van der Waals surface area contributed by atoms with Gasteiger partial charge in [-0.3, -0.25) is 0 Å². The van der Waals surface area contributed by atoms with Gasteiger partial charge in [0.05, 0.1) is 32.3 Å². The van der Waals surface area contributed by atoms with Crippen LogP contribution >= 0.6 is 11.8 Å².